The number of nitrogens with zero attached hydrogens (tertiary/aromatic N) is 1. The van der Waals surface area contributed by atoms with Crippen LogP contribution in [0.5, 0.6) is 0 Å². The van der Waals surface area contributed by atoms with Crippen molar-refractivity contribution in [2.45, 2.75) is 30.3 Å². The number of carboxylic acids is 1. The van der Waals surface area contributed by atoms with Gasteiger partial charge in [-0.3, -0.25) is 4.79 Å². The van der Waals surface area contributed by atoms with Gasteiger partial charge in [0.2, 0.25) is 0 Å². The number of halogens is 3. The molecule has 0 fully saturated rings. The van der Waals surface area contributed by atoms with Crippen LogP contribution in [0.25, 0.3) is 0 Å². The SMILES string of the molecule is Cc1nc(SCCC(F)(F)F)sc1CC(=O)O. The Labute approximate surface area is 104 Å². The minimum absolute atomic E-state index is 0.0943. The summed E-state index contributed by atoms with van der Waals surface area (Å²) in [5.41, 5.74) is 0.576. The Morgan fingerprint density at radius 2 is 2.18 bits per heavy atom. The first-order valence-corrected chi connectivity index (χ1v) is 6.46. The number of thioether (sulfide) groups is 1. The Hall–Kier alpha value is -0.760. The Morgan fingerprint density at radius 1 is 1.53 bits per heavy atom. The summed E-state index contributed by atoms with van der Waals surface area (Å²) in [6, 6.07) is 0. The number of carbonyl (C=O) groups is 1. The van der Waals surface area contributed by atoms with Gasteiger partial charge in [-0.25, -0.2) is 4.98 Å². The van der Waals surface area contributed by atoms with E-state index in [9.17, 15) is 18.0 Å². The maximum atomic E-state index is 11.9. The quantitative estimate of drug-likeness (QED) is 0.844. The van der Waals surface area contributed by atoms with Crippen LogP contribution in [0.2, 0.25) is 0 Å². The van der Waals surface area contributed by atoms with Crippen LogP contribution in [0.3, 0.4) is 0 Å². The van der Waals surface area contributed by atoms with Gasteiger partial charge in [0.15, 0.2) is 0 Å². The van der Waals surface area contributed by atoms with Gasteiger partial charge in [-0.2, -0.15) is 13.2 Å². The zero-order valence-electron chi connectivity index (χ0n) is 8.87. The largest absolute Gasteiger partial charge is 0.481 e. The first-order valence-electron chi connectivity index (χ1n) is 4.65. The summed E-state index contributed by atoms with van der Waals surface area (Å²) in [5, 5.41) is 8.61. The fraction of sp³-hybridized carbons (Fsp3) is 0.556. The molecule has 0 atom stereocenters. The molecule has 17 heavy (non-hydrogen) atoms. The van der Waals surface area contributed by atoms with Crippen LogP contribution in [0.15, 0.2) is 4.34 Å². The lowest BCUT2D eigenvalue weighted by molar-refractivity contribution is -0.136. The Bertz CT molecular complexity index is 403. The molecule has 1 N–H and O–H groups in total. The van der Waals surface area contributed by atoms with Crippen LogP contribution in [0.1, 0.15) is 17.0 Å². The summed E-state index contributed by atoms with van der Waals surface area (Å²) < 4.78 is 36.2. The predicted octanol–water partition coefficient (Wildman–Crippen LogP) is 3.12. The molecule has 0 unspecified atom stereocenters. The van der Waals surface area contributed by atoms with Crippen LogP contribution < -0.4 is 0 Å². The minimum Gasteiger partial charge on any atom is -0.481 e. The van der Waals surface area contributed by atoms with Crippen molar-refractivity contribution in [1.82, 2.24) is 4.98 Å². The number of thiazole rings is 1. The minimum atomic E-state index is -4.16. The fourth-order valence-corrected chi connectivity index (χ4v) is 3.30. The van der Waals surface area contributed by atoms with Crippen molar-refractivity contribution in [1.29, 1.82) is 0 Å². The van der Waals surface area contributed by atoms with Gasteiger partial charge in [-0.05, 0) is 6.92 Å². The normalized spacial score (nSPS) is 11.8. The molecule has 1 heterocycles. The second kappa shape index (κ2) is 5.72. The van der Waals surface area contributed by atoms with Crippen LogP contribution in [-0.2, 0) is 11.2 Å². The van der Waals surface area contributed by atoms with E-state index >= 15 is 0 Å². The smallest absolute Gasteiger partial charge is 0.389 e. The summed E-state index contributed by atoms with van der Waals surface area (Å²) in [5.74, 6) is -1.06. The molecule has 0 aliphatic carbocycles. The molecule has 96 valence electrons. The highest BCUT2D eigenvalue weighted by atomic mass is 32.2. The van der Waals surface area contributed by atoms with E-state index in [-0.39, 0.29) is 12.2 Å². The molecule has 0 aromatic carbocycles. The molecular formula is C9H10F3NO2S2. The molecule has 0 bridgehead atoms. The van der Waals surface area contributed by atoms with Crippen LogP contribution >= 0.6 is 23.1 Å². The number of hydrogen-bond acceptors (Lipinski definition) is 4. The summed E-state index contributed by atoms with van der Waals surface area (Å²) >= 11 is 2.15. The monoisotopic (exact) mass is 285 g/mol. The Morgan fingerprint density at radius 3 is 2.71 bits per heavy atom. The molecule has 0 radical (unpaired) electrons. The molecule has 3 nitrogen and oxygen atoms in total. The van der Waals surface area contributed by atoms with E-state index in [2.05, 4.69) is 4.98 Å². The molecule has 0 saturated heterocycles. The van der Waals surface area contributed by atoms with Gasteiger partial charge in [0.05, 0.1) is 18.5 Å². The third-order valence-corrected chi connectivity index (χ3v) is 4.10. The first kappa shape index (κ1) is 14.3. The van der Waals surface area contributed by atoms with Crippen LogP contribution in [-0.4, -0.2) is 28.0 Å². The molecule has 0 aliphatic heterocycles. The summed E-state index contributed by atoms with van der Waals surface area (Å²) in [7, 11) is 0. The lowest BCUT2D eigenvalue weighted by Crippen LogP contribution is -2.07. The number of aromatic nitrogens is 1. The first-order chi connectivity index (χ1) is 7.78. The number of hydrogen-bond donors (Lipinski definition) is 1. The van der Waals surface area contributed by atoms with E-state index in [1.807, 2.05) is 0 Å². The number of aliphatic carboxylic acids is 1. The topological polar surface area (TPSA) is 50.2 Å². The van der Waals surface area contributed by atoms with E-state index in [1.165, 1.54) is 0 Å². The summed E-state index contributed by atoms with van der Waals surface area (Å²) in [4.78, 5) is 15.1. The molecule has 1 rings (SSSR count). The van der Waals surface area contributed by atoms with Gasteiger partial charge >= 0.3 is 12.1 Å². The molecule has 0 amide bonds. The number of rotatable bonds is 5. The predicted molar refractivity (Wildman–Crippen MR) is 59.6 cm³/mol. The summed E-state index contributed by atoms with van der Waals surface area (Å²) in [6.45, 7) is 1.66. The van der Waals surface area contributed by atoms with E-state index in [4.69, 9.17) is 5.11 Å². The van der Waals surface area contributed by atoms with E-state index in [1.54, 1.807) is 6.92 Å². The van der Waals surface area contributed by atoms with Gasteiger partial charge in [0, 0.05) is 10.6 Å². The molecule has 0 spiro atoms. The van der Waals surface area contributed by atoms with Crippen LogP contribution in [0.4, 0.5) is 13.2 Å². The van der Waals surface area contributed by atoms with Crippen molar-refractivity contribution in [3.63, 3.8) is 0 Å². The molecule has 8 heteroatoms. The second-order valence-electron chi connectivity index (χ2n) is 3.27. The van der Waals surface area contributed by atoms with Gasteiger partial charge < -0.3 is 5.11 Å². The van der Waals surface area contributed by atoms with Crippen molar-refractivity contribution in [3.8, 4) is 0 Å². The van der Waals surface area contributed by atoms with E-state index in [0.29, 0.717) is 14.9 Å². The number of carboxylic acid groups (broad SMARTS) is 1. The third kappa shape index (κ3) is 5.40. The van der Waals surface area contributed by atoms with Gasteiger partial charge in [0.25, 0.3) is 0 Å². The highest BCUT2D eigenvalue weighted by Gasteiger charge is 2.26. The summed E-state index contributed by atoms with van der Waals surface area (Å²) in [6.07, 6.45) is -5.17. The second-order valence-corrected chi connectivity index (χ2v) is 5.70. The fourth-order valence-electron chi connectivity index (χ4n) is 1.02. The van der Waals surface area contributed by atoms with E-state index in [0.717, 1.165) is 23.1 Å². The molecule has 1 aromatic heterocycles. The third-order valence-electron chi connectivity index (χ3n) is 1.80. The zero-order valence-corrected chi connectivity index (χ0v) is 10.5. The van der Waals surface area contributed by atoms with Gasteiger partial charge in [-0.1, -0.05) is 11.8 Å². The van der Waals surface area contributed by atoms with Crippen molar-refractivity contribution < 1.29 is 23.1 Å². The Balaban J connectivity index is 2.53. The highest BCUT2D eigenvalue weighted by molar-refractivity contribution is 8.01. The maximum absolute atomic E-state index is 11.9. The molecular weight excluding hydrogens is 275 g/mol. The van der Waals surface area contributed by atoms with Crippen molar-refractivity contribution in [3.05, 3.63) is 10.6 Å². The maximum Gasteiger partial charge on any atom is 0.389 e. The van der Waals surface area contributed by atoms with E-state index < -0.39 is 18.6 Å². The molecule has 1 aromatic rings. The van der Waals surface area contributed by atoms with Crippen LogP contribution in [0, 0.1) is 6.92 Å². The van der Waals surface area contributed by atoms with Crippen molar-refractivity contribution >= 4 is 29.1 Å². The highest BCUT2D eigenvalue weighted by Crippen LogP contribution is 2.30. The average molecular weight is 285 g/mol. The lowest BCUT2D eigenvalue weighted by Gasteiger charge is -2.03. The standard InChI is InChI=1S/C9H10F3NO2S2/c1-5-6(4-7(14)15)17-8(13-5)16-3-2-9(10,11)12/h2-4H2,1H3,(H,14,15). The van der Waals surface area contributed by atoms with Crippen molar-refractivity contribution in [2.75, 3.05) is 5.75 Å². The molecule has 0 saturated carbocycles. The molecule has 0 aliphatic rings. The van der Waals surface area contributed by atoms with Gasteiger partial charge in [0.1, 0.15) is 4.34 Å². The lowest BCUT2D eigenvalue weighted by atomic mass is 10.3. The van der Waals surface area contributed by atoms with Crippen molar-refractivity contribution in [2.24, 2.45) is 0 Å². The number of alkyl halides is 3. The Kier molecular flexibility index (Phi) is 4.81. The van der Waals surface area contributed by atoms with Gasteiger partial charge in [-0.15, -0.1) is 11.3 Å². The average Bonchev–Trinajstić information content (AvgIpc) is 2.43. The zero-order chi connectivity index (χ0) is 13.1. The number of aryl methyl sites for hydroxylation is 1.